The molecule has 9 heteroatoms. The number of hydrogen-bond donors (Lipinski definition) is 3. The lowest BCUT2D eigenvalue weighted by Crippen LogP contribution is -2.39. The molecule has 1 atom stereocenters. The number of anilines is 1. The van der Waals surface area contributed by atoms with Crippen LogP contribution in [0.2, 0.25) is 0 Å². The van der Waals surface area contributed by atoms with Crippen molar-refractivity contribution in [1.29, 1.82) is 0 Å². The first-order chi connectivity index (χ1) is 17.2. The molecule has 0 spiro atoms. The molecule has 0 bridgehead atoms. The molecule has 0 aliphatic carbocycles. The third kappa shape index (κ3) is 7.49. The van der Waals surface area contributed by atoms with Crippen LogP contribution in [0.5, 0.6) is 5.75 Å². The average molecular weight is 500 g/mol. The van der Waals surface area contributed by atoms with E-state index in [1.54, 1.807) is 37.4 Å². The number of ether oxygens (including phenoxy) is 1. The van der Waals surface area contributed by atoms with Crippen molar-refractivity contribution in [1.82, 2.24) is 10.6 Å². The van der Waals surface area contributed by atoms with E-state index in [-0.39, 0.29) is 19.0 Å². The largest absolute Gasteiger partial charge is 0.497 e. The van der Waals surface area contributed by atoms with Gasteiger partial charge in [-0.3, -0.25) is 9.59 Å². The maximum Gasteiger partial charge on any atom is 0.416 e. The van der Waals surface area contributed by atoms with Gasteiger partial charge in [0.25, 0.3) is 5.91 Å². The van der Waals surface area contributed by atoms with Crippen LogP contribution in [0.4, 0.5) is 18.9 Å². The molecule has 0 aliphatic rings. The molecule has 0 saturated heterocycles. The fourth-order valence-electron chi connectivity index (χ4n) is 3.57. The summed E-state index contributed by atoms with van der Waals surface area (Å²) in [7, 11) is 1.58. The molecule has 3 aromatic rings. The molecule has 0 aliphatic heterocycles. The number of alkyl halides is 3. The number of methoxy groups -OCH3 is 1. The highest BCUT2D eigenvalue weighted by molar-refractivity contribution is 5.95. The van der Waals surface area contributed by atoms with Crippen LogP contribution in [-0.2, 0) is 11.0 Å². The number of benzene rings is 3. The summed E-state index contributed by atoms with van der Waals surface area (Å²) in [6.45, 7) is 2.48. The van der Waals surface area contributed by atoms with Crippen molar-refractivity contribution in [3.63, 3.8) is 0 Å². The number of hydrogen-bond acceptors (Lipinski definition) is 4. The van der Waals surface area contributed by atoms with Gasteiger partial charge in [-0.1, -0.05) is 29.8 Å². The van der Waals surface area contributed by atoms with Gasteiger partial charge >= 0.3 is 6.18 Å². The molecular formula is C27H28F3N3O3. The number of rotatable bonds is 10. The normalized spacial score (nSPS) is 11.9. The molecule has 36 heavy (non-hydrogen) atoms. The molecule has 6 nitrogen and oxygen atoms in total. The van der Waals surface area contributed by atoms with Crippen molar-refractivity contribution < 1.29 is 27.5 Å². The minimum Gasteiger partial charge on any atom is -0.497 e. The number of halogens is 3. The first-order valence-electron chi connectivity index (χ1n) is 11.3. The summed E-state index contributed by atoms with van der Waals surface area (Å²) in [5.74, 6) is -0.927. The molecule has 3 rings (SSSR count). The summed E-state index contributed by atoms with van der Waals surface area (Å²) in [6, 6.07) is 18.7. The Bertz CT molecular complexity index is 1160. The quantitative estimate of drug-likeness (QED) is 0.352. The average Bonchev–Trinajstić information content (AvgIpc) is 2.86. The Morgan fingerprint density at radius 2 is 1.61 bits per heavy atom. The second-order valence-electron chi connectivity index (χ2n) is 8.20. The molecule has 0 saturated carbocycles. The van der Waals surface area contributed by atoms with Crippen molar-refractivity contribution in [3.8, 4) is 5.75 Å². The summed E-state index contributed by atoms with van der Waals surface area (Å²) in [5, 5.41) is 8.69. The molecule has 0 radical (unpaired) electrons. The van der Waals surface area contributed by atoms with Crippen molar-refractivity contribution in [2.45, 2.75) is 19.0 Å². The first-order valence-corrected chi connectivity index (χ1v) is 11.3. The van der Waals surface area contributed by atoms with E-state index in [0.717, 1.165) is 29.1 Å². The highest BCUT2D eigenvalue weighted by Gasteiger charge is 2.31. The summed E-state index contributed by atoms with van der Waals surface area (Å²) >= 11 is 0. The Hall–Kier alpha value is -4.01. The predicted octanol–water partition coefficient (Wildman–Crippen LogP) is 4.76. The van der Waals surface area contributed by atoms with Crippen LogP contribution in [0.1, 0.15) is 33.0 Å². The number of amides is 2. The maximum atomic E-state index is 13.0. The van der Waals surface area contributed by atoms with Crippen LogP contribution >= 0.6 is 0 Å². The fraction of sp³-hybridized carbons (Fsp3) is 0.259. The van der Waals surface area contributed by atoms with E-state index in [1.807, 2.05) is 25.1 Å². The van der Waals surface area contributed by atoms with Gasteiger partial charge in [0.15, 0.2) is 0 Å². The van der Waals surface area contributed by atoms with Crippen molar-refractivity contribution >= 4 is 17.5 Å². The van der Waals surface area contributed by atoms with E-state index in [4.69, 9.17) is 4.74 Å². The van der Waals surface area contributed by atoms with Crippen molar-refractivity contribution in [3.05, 3.63) is 95.1 Å². The monoisotopic (exact) mass is 499 g/mol. The standard InChI is InChI=1S/C27H28F3N3O3/c1-18-4-3-5-20(16-18)25(34)33-17-24(19-6-8-21(9-7-19)27(28,29)30)26(35)32-15-14-31-22-10-12-23(36-2)13-11-22/h3-13,16,24,31H,14-15,17H2,1-2H3,(H,32,35)(H,33,34). The number of carbonyl (C=O) groups is 2. The van der Waals surface area contributed by atoms with Gasteiger partial charge in [0, 0.05) is 30.9 Å². The minimum absolute atomic E-state index is 0.0735. The van der Waals surface area contributed by atoms with Gasteiger partial charge in [0.2, 0.25) is 5.91 Å². The van der Waals surface area contributed by atoms with Gasteiger partial charge in [-0.25, -0.2) is 0 Å². The fourth-order valence-corrected chi connectivity index (χ4v) is 3.57. The molecule has 3 N–H and O–H groups in total. The molecule has 190 valence electrons. The Labute approximate surface area is 207 Å². The van der Waals surface area contributed by atoms with E-state index in [0.29, 0.717) is 17.7 Å². The Morgan fingerprint density at radius 1 is 0.917 bits per heavy atom. The lowest BCUT2D eigenvalue weighted by Gasteiger charge is -2.19. The van der Waals surface area contributed by atoms with Crippen LogP contribution in [0.25, 0.3) is 0 Å². The number of carbonyl (C=O) groups excluding carboxylic acids is 2. The smallest absolute Gasteiger partial charge is 0.416 e. The van der Waals surface area contributed by atoms with E-state index < -0.39 is 23.6 Å². The minimum atomic E-state index is -4.48. The van der Waals surface area contributed by atoms with Gasteiger partial charge in [0.1, 0.15) is 5.75 Å². The highest BCUT2D eigenvalue weighted by atomic mass is 19.4. The van der Waals surface area contributed by atoms with E-state index in [9.17, 15) is 22.8 Å². The van der Waals surface area contributed by atoms with Crippen molar-refractivity contribution in [2.24, 2.45) is 0 Å². The lowest BCUT2D eigenvalue weighted by molar-refractivity contribution is -0.137. The molecule has 3 aromatic carbocycles. The molecule has 2 amide bonds. The second kappa shape index (κ2) is 12.1. The summed E-state index contributed by atoms with van der Waals surface area (Å²) < 4.78 is 44.1. The lowest BCUT2D eigenvalue weighted by atomic mass is 9.96. The Kier molecular flexibility index (Phi) is 8.94. The van der Waals surface area contributed by atoms with Gasteiger partial charge < -0.3 is 20.7 Å². The zero-order valence-corrected chi connectivity index (χ0v) is 20.0. The zero-order chi connectivity index (χ0) is 26.1. The molecule has 0 aromatic heterocycles. The number of aryl methyl sites for hydroxylation is 1. The van der Waals surface area contributed by atoms with Crippen LogP contribution in [-0.4, -0.2) is 38.6 Å². The highest BCUT2D eigenvalue weighted by Crippen LogP contribution is 2.30. The Morgan fingerprint density at radius 3 is 2.22 bits per heavy atom. The third-order valence-electron chi connectivity index (χ3n) is 5.55. The third-order valence-corrected chi connectivity index (χ3v) is 5.55. The van der Waals surface area contributed by atoms with E-state index in [2.05, 4.69) is 16.0 Å². The van der Waals surface area contributed by atoms with E-state index >= 15 is 0 Å². The molecular weight excluding hydrogens is 471 g/mol. The zero-order valence-electron chi connectivity index (χ0n) is 20.0. The summed E-state index contributed by atoms with van der Waals surface area (Å²) in [6.07, 6.45) is -4.48. The SMILES string of the molecule is COc1ccc(NCCNC(=O)C(CNC(=O)c2cccc(C)c2)c2ccc(C(F)(F)F)cc2)cc1. The van der Waals surface area contributed by atoms with Gasteiger partial charge in [0.05, 0.1) is 18.6 Å². The van der Waals surface area contributed by atoms with E-state index in [1.165, 1.54) is 12.1 Å². The summed E-state index contributed by atoms with van der Waals surface area (Å²) in [4.78, 5) is 25.6. The molecule has 0 heterocycles. The van der Waals surface area contributed by atoms with Crippen LogP contribution < -0.4 is 20.7 Å². The van der Waals surface area contributed by atoms with Crippen LogP contribution in [0.15, 0.2) is 72.8 Å². The topological polar surface area (TPSA) is 79.5 Å². The van der Waals surface area contributed by atoms with Gasteiger partial charge in [-0.05, 0) is 61.0 Å². The number of nitrogens with one attached hydrogen (secondary N) is 3. The van der Waals surface area contributed by atoms with Crippen LogP contribution in [0, 0.1) is 6.92 Å². The molecule has 1 unspecified atom stereocenters. The Balaban J connectivity index is 1.65. The van der Waals surface area contributed by atoms with Gasteiger partial charge in [-0.15, -0.1) is 0 Å². The second-order valence-corrected chi connectivity index (χ2v) is 8.20. The van der Waals surface area contributed by atoms with Crippen molar-refractivity contribution in [2.75, 3.05) is 32.1 Å². The van der Waals surface area contributed by atoms with Gasteiger partial charge in [-0.2, -0.15) is 13.2 Å². The van der Waals surface area contributed by atoms with Crippen LogP contribution in [0.3, 0.4) is 0 Å². The predicted molar refractivity (Wildman–Crippen MR) is 132 cm³/mol. The molecule has 0 fully saturated rings. The maximum absolute atomic E-state index is 13.0. The summed E-state index contributed by atoms with van der Waals surface area (Å²) in [5.41, 5.74) is 1.75. The first kappa shape index (κ1) is 26.6.